The molecule has 0 aliphatic carbocycles. The molecule has 0 spiro atoms. The van der Waals surface area contributed by atoms with Gasteiger partial charge in [0.1, 0.15) is 0 Å². The fourth-order valence-electron chi connectivity index (χ4n) is 3.74. The van der Waals surface area contributed by atoms with Crippen LogP contribution in [-0.2, 0) is 20.6 Å². The zero-order valence-corrected chi connectivity index (χ0v) is 18.9. The van der Waals surface area contributed by atoms with Gasteiger partial charge in [-0.1, -0.05) is 23.7 Å². The lowest BCUT2D eigenvalue weighted by molar-refractivity contribution is 0.249. The Morgan fingerprint density at radius 2 is 1.69 bits per heavy atom. The number of hydrogen-bond donors (Lipinski definition) is 0. The Hall–Kier alpha value is -2.10. The van der Waals surface area contributed by atoms with Crippen molar-refractivity contribution in [1.29, 1.82) is 0 Å². The lowest BCUT2D eigenvalue weighted by atomic mass is 10.2. The Morgan fingerprint density at radius 1 is 1.00 bits per heavy atom. The molecular weight excluding hydrogens is 460 g/mol. The molecule has 0 atom stereocenters. The molecule has 0 radical (unpaired) electrons. The minimum atomic E-state index is -0.363. The molecule has 3 heterocycles. The van der Waals surface area contributed by atoms with Crippen LogP contribution in [0.4, 0.5) is 5.69 Å². The van der Waals surface area contributed by atoms with Gasteiger partial charge in [-0.3, -0.25) is 18.8 Å². The average molecular weight is 484 g/mol. The monoisotopic (exact) mass is 482 g/mol. The van der Waals surface area contributed by atoms with Crippen LogP contribution in [-0.4, -0.2) is 56.3 Å². The van der Waals surface area contributed by atoms with Crippen LogP contribution < -0.4 is 16.1 Å². The molecule has 1 aromatic carbocycles. The van der Waals surface area contributed by atoms with Crippen molar-refractivity contribution in [2.45, 2.75) is 6.54 Å². The normalized spacial score (nSPS) is 14.9. The van der Waals surface area contributed by atoms with Gasteiger partial charge in [-0.05, 0) is 12.1 Å². The molecule has 8 nitrogen and oxygen atoms in total. The molecule has 0 saturated carbocycles. The number of benzene rings is 1. The maximum Gasteiger partial charge on any atom is 0.332 e. The molecule has 156 valence electrons. The number of piperazine rings is 1. The Bertz CT molecular complexity index is 1130. The molecule has 10 heteroatoms. The van der Waals surface area contributed by atoms with Crippen molar-refractivity contribution in [2.75, 3.05) is 37.6 Å². The van der Waals surface area contributed by atoms with E-state index in [9.17, 15) is 9.59 Å². The van der Waals surface area contributed by atoms with E-state index in [1.165, 1.54) is 11.6 Å². The number of aryl methyl sites for hydroxylation is 1. The molecule has 1 aliphatic rings. The second kappa shape index (κ2) is 8.73. The lowest BCUT2D eigenvalue weighted by Crippen LogP contribution is -2.47. The molecule has 1 fully saturated rings. The topological polar surface area (TPSA) is 68.3 Å². The van der Waals surface area contributed by atoms with Crippen molar-refractivity contribution in [3.8, 4) is 0 Å². The lowest BCUT2D eigenvalue weighted by Gasteiger charge is -2.36. The zero-order valence-electron chi connectivity index (χ0n) is 16.4. The van der Waals surface area contributed by atoms with Gasteiger partial charge >= 0.3 is 5.69 Å². The van der Waals surface area contributed by atoms with Gasteiger partial charge < -0.3 is 9.47 Å². The molecule has 1 aliphatic heterocycles. The standard InChI is InChI=1S/C19H23ClN6O2.BrH/c1-22-17-16(18(27)23(2)19(22)28)26(13-21-17)12-9-24-7-10-25(11-8-24)15-6-4-3-5-14(15)20;/h3-6,13H,7-12H2,1-2H3;1H. The Labute approximate surface area is 183 Å². The molecule has 0 amide bonds. The van der Waals surface area contributed by atoms with E-state index in [1.54, 1.807) is 13.4 Å². The minimum Gasteiger partial charge on any atom is -0.368 e. The van der Waals surface area contributed by atoms with E-state index < -0.39 is 0 Å². The number of fused-ring (bicyclic) bond motifs is 1. The van der Waals surface area contributed by atoms with Gasteiger partial charge in [-0.2, -0.15) is 0 Å². The van der Waals surface area contributed by atoms with Crippen molar-refractivity contribution in [2.24, 2.45) is 14.1 Å². The average Bonchev–Trinajstić information content (AvgIpc) is 3.14. The van der Waals surface area contributed by atoms with Crippen LogP contribution in [0.3, 0.4) is 0 Å². The van der Waals surface area contributed by atoms with Gasteiger partial charge in [0.2, 0.25) is 0 Å². The molecule has 0 N–H and O–H groups in total. The van der Waals surface area contributed by atoms with Gasteiger partial charge in [0.25, 0.3) is 5.56 Å². The Kier molecular flexibility index (Phi) is 6.50. The van der Waals surface area contributed by atoms with Crippen LogP contribution in [0, 0.1) is 0 Å². The van der Waals surface area contributed by atoms with E-state index in [2.05, 4.69) is 20.9 Å². The molecule has 2 aromatic heterocycles. The first kappa shape index (κ1) is 21.6. The van der Waals surface area contributed by atoms with Crippen LogP contribution in [0.2, 0.25) is 5.02 Å². The number of nitrogens with zero attached hydrogens (tertiary/aromatic N) is 6. The summed E-state index contributed by atoms with van der Waals surface area (Å²) in [5.74, 6) is 0. The van der Waals surface area contributed by atoms with E-state index in [1.807, 2.05) is 22.8 Å². The van der Waals surface area contributed by atoms with Crippen LogP contribution in [0.1, 0.15) is 0 Å². The zero-order chi connectivity index (χ0) is 19.8. The van der Waals surface area contributed by atoms with Crippen LogP contribution in [0.5, 0.6) is 0 Å². The van der Waals surface area contributed by atoms with E-state index >= 15 is 0 Å². The number of rotatable bonds is 4. The first-order chi connectivity index (χ1) is 13.5. The highest BCUT2D eigenvalue weighted by molar-refractivity contribution is 8.93. The van der Waals surface area contributed by atoms with E-state index in [4.69, 9.17) is 11.6 Å². The van der Waals surface area contributed by atoms with Crippen molar-refractivity contribution < 1.29 is 0 Å². The highest BCUT2D eigenvalue weighted by atomic mass is 79.9. The quantitative estimate of drug-likeness (QED) is 0.562. The van der Waals surface area contributed by atoms with Gasteiger partial charge in [-0.25, -0.2) is 9.78 Å². The van der Waals surface area contributed by atoms with Crippen molar-refractivity contribution >= 4 is 45.4 Å². The molecule has 29 heavy (non-hydrogen) atoms. The summed E-state index contributed by atoms with van der Waals surface area (Å²) in [5.41, 5.74) is 1.31. The van der Waals surface area contributed by atoms with Gasteiger partial charge in [0.15, 0.2) is 11.2 Å². The maximum atomic E-state index is 12.5. The predicted molar refractivity (Wildman–Crippen MR) is 121 cm³/mol. The molecule has 0 bridgehead atoms. The summed E-state index contributed by atoms with van der Waals surface area (Å²) >= 11 is 6.31. The van der Waals surface area contributed by atoms with E-state index in [0.29, 0.717) is 17.7 Å². The summed E-state index contributed by atoms with van der Waals surface area (Å²) in [6, 6.07) is 7.92. The van der Waals surface area contributed by atoms with Crippen LogP contribution >= 0.6 is 28.6 Å². The highest BCUT2D eigenvalue weighted by Gasteiger charge is 2.19. The summed E-state index contributed by atoms with van der Waals surface area (Å²) < 4.78 is 4.38. The molecular formula is C19H24BrClN6O2. The van der Waals surface area contributed by atoms with E-state index in [-0.39, 0.29) is 28.2 Å². The SMILES string of the molecule is Br.Cn1c(=O)c2c(ncn2CCN2CCN(c3ccccc3Cl)CC2)n(C)c1=O. The molecule has 3 aromatic rings. The van der Waals surface area contributed by atoms with Gasteiger partial charge in [0, 0.05) is 53.4 Å². The number of hydrogen-bond acceptors (Lipinski definition) is 5. The number of para-hydroxylation sites is 1. The summed E-state index contributed by atoms with van der Waals surface area (Å²) in [6.45, 7) is 5.13. The maximum absolute atomic E-state index is 12.5. The highest BCUT2D eigenvalue weighted by Crippen LogP contribution is 2.26. The summed E-state index contributed by atoms with van der Waals surface area (Å²) in [4.78, 5) is 33.5. The van der Waals surface area contributed by atoms with Crippen molar-refractivity contribution in [1.82, 2.24) is 23.6 Å². The minimum absolute atomic E-state index is 0. The second-order valence-electron chi connectivity index (χ2n) is 7.10. The third-order valence-electron chi connectivity index (χ3n) is 5.44. The smallest absolute Gasteiger partial charge is 0.332 e. The number of aromatic nitrogens is 4. The van der Waals surface area contributed by atoms with Crippen molar-refractivity contribution in [3.05, 3.63) is 56.5 Å². The van der Waals surface area contributed by atoms with Gasteiger partial charge in [-0.15, -0.1) is 17.0 Å². The Morgan fingerprint density at radius 3 is 2.38 bits per heavy atom. The van der Waals surface area contributed by atoms with Crippen LogP contribution in [0.15, 0.2) is 40.2 Å². The molecule has 4 rings (SSSR count). The summed E-state index contributed by atoms with van der Waals surface area (Å²) in [5, 5.41) is 0.780. The number of halogens is 2. The molecule has 0 unspecified atom stereocenters. The predicted octanol–water partition coefficient (Wildman–Crippen LogP) is 1.49. The van der Waals surface area contributed by atoms with Crippen LogP contribution in [0.25, 0.3) is 11.2 Å². The number of imidazole rings is 1. The summed E-state index contributed by atoms with van der Waals surface area (Å²) in [7, 11) is 3.13. The number of anilines is 1. The third-order valence-corrected chi connectivity index (χ3v) is 5.76. The Balaban J connectivity index is 0.00000240. The third kappa shape index (κ3) is 3.99. The first-order valence-electron chi connectivity index (χ1n) is 9.30. The summed E-state index contributed by atoms with van der Waals surface area (Å²) in [6.07, 6.45) is 1.64. The molecule has 1 saturated heterocycles. The fraction of sp³-hybridized carbons (Fsp3) is 0.421. The fourth-order valence-corrected chi connectivity index (χ4v) is 3.99. The van der Waals surface area contributed by atoms with Crippen molar-refractivity contribution in [3.63, 3.8) is 0 Å². The van der Waals surface area contributed by atoms with Gasteiger partial charge in [0.05, 0.1) is 17.0 Å². The largest absolute Gasteiger partial charge is 0.368 e. The first-order valence-corrected chi connectivity index (χ1v) is 9.68. The second-order valence-corrected chi connectivity index (χ2v) is 7.50. The van der Waals surface area contributed by atoms with E-state index in [0.717, 1.165) is 48.0 Å².